The van der Waals surface area contributed by atoms with E-state index in [0.29, 0.717) is 6.42 Å². The Morgan fingerprint density at radius 2 is 1.60 bits per heavy atom. The number of carbonyl (C=O) groups excluding carboxylic acids is 2. The van der Waals surface area contributed by atoms with Crippen molar-refractivity contribution < 1.29 is 12.4 Å². The Morgan fingerprint density at radius 3 is 2.36 bits per heavy atom. The maximum atomic E-state index is 14.4. The molecule has 2 amide bonds. The van der Waals surface area contributed by atoms with Gasteiger partial charge in [0.2, 0.25) is 0 Å². The molecule has 0 saturated heterocycles. The van der Waals surface area contributed by atoms with E-state index in [1.54, 1.807) is 0 Å². The minimum atomic E-state index is -0.868. The van der Waals surface area contributed by atoms with Crippen LogP contribution < -0.4 is 19.6 Å². The van der Waals surface area contributed by atoms with Gasteiger partial charge in [0.15, 0.2) is 0 Å². The molecule has 2 fully saturated rings. The molecule has 0 spiro atoms. The molecule has 7 heteroatoms. The van der Waals surface area contributed by atoms with Crippen LogP contribution in [0, 0.1) is 16.7 Å². The predicted octanol–water partition coefficient (Wildman–Crippen LogP) is 5.76. The summed E-state index contributed by atoms with van der Waals surface area (Å²) in [7, 11) is 0. The molecule has 5 N–H and O–H groups in total. The summed E-state index contributed by atoms with van der Waals surface area (Å²) in [5, 5.41) is 3.02. The van der Waals surface area contributed by atoms with Crippen LogP contribution >= 0.6 is 0 Å². The number of benzene rings is 2. The molecule has 6 rings (SSSR count). The van der Waals surface area contributed by atoms with Crippen molar-refractivity contribution in [3.05, 3.63) is 58.7 Å². The average molecular weight is 767 g/mol. The Bertz CT molecular complexity index is 1440. The number of hydrogen-bond acceptors (Lipinski definition) is 5. The van der Waals surface area contributed by atoms with Crippen molar-refractivity contribution in [2.45, 2.75) is 113 Å². The zero-order valence-electron chi connectivity index (χ0n) is 25.9. The molecule has 2 saturated carbocycles. The molecule has 6 nitrogen and oxygen atoms in total. The van der Waals surface area contributed by atoms with Gasteiger partial charge >= 0.3 is 186 Å². The number of carbonyl (C=O) groups is 2. The monoisotopic (exact) mass is 766 g/mol. The number of nitrogen functional groups attached to an aromatic ring is 1. The van der Waals surface area contributed by atoms with Crippen LogP contribution in [0.15, 0.2) is 36.4 Å². The second kappa shape index (κ2) is 10.3. The van der Waals surface area contributed by atoms with Crippen LogP contribution in [0.2, 0.25) is 4.58 Å². The van der Waals surface area contributed by atoms with Gasteiger partial charge in [-0.15, -0.1) is 0 Å². The minimum absolute atomic E-state index is 0.131. The van der Waals surface area contributed by atoms with E-state index in [0.717, 1.165) is 69.2 Å². The van der Waals surface area contributed by atoms with Gasteiger partial charge in [0.05, 0.1) is 0 Å². The second-order valence-corrected chi connectivity index (χ2v) is 16.5. The molecule has 6 atom stereocenters. The van der Waals surface area contributed by atoms with E-state index in [-0.39, 0.29) is 28.6 Å². The average Bonchev–Trinajstić information content (AvgIpc) is 2.95. The van der Waals surface area contributed by atoms with Crippen molar-refractivity contribution in [1.29, 1.82) is 0 Å². The first-order chi connectivity index (χ1) is 19.8. The van der Waals surface area contributed by atoms with Crippen LogP contribution in [-0.2, 0) is 33.3 Å². The van der Waals surface area contributed by atoms with E-state index in [4.69, 9.17) is 14.2 Å². The number of amides is 2. The van der Waals surface area contributed by atoms with Crippen LogP contribution in [-0.4, -0.2) is 41.4 Å². The summed E-state index contributed by atoms with van der Waals surface area (Å²) in [6.07, 6.45) is 8.64. The normalized spacial score (nSPS) is 37.0. The Kier molecular flexibility index (Phi) is 7.38. The van der Waals surface area contributed by atoms with Gasteiger partial charge in [0, 0.05) is 5.69 Å². The third-order valence-corrected chi connectivity index (χ3v) is 14.0. The fourth-order valence-electron chi connectivity index (χ4n) is 9.99. The van der Waals surface area contributed by atoms with Crippen molar-refractivity contribution in [3.8, 4) is 5.75 Å². The molecule has 4 aliphatic rings. The van der Waals surface area contributed by atoms with Crippen molar-refractivity contribution >= 4 is 41.5 Å². The summed E-state index contributed by atoms with van der Waals surface area (Å²) >= 11 is -0.844. The molecule has 226 valence electrons. The number of hydrogen-bond donors (Lipinski definition) is 3. The molecule has 0 aliphatic heterocycles. The summed E-state index contributed by atoms with van der Waals surface area (Å²) in [4.78, 5) is 28.8. The van der Waals surface area contributed by atoms with E-state index in [1.807, 2.05) is 13.0 Å². The van der Waals surface area contributed by atoms with Gasteiger partial charge in [0.25, 0.3) is 0 Å². The Balaban J connectivity index is 1.30. The molecule has 0 heterocycles. The van der Waals surface area contributed by atoms with E-state index in [9.17, 15) is 9.59 Å². The topological polar surface area (TPSA) is 107 Å². The number of anilines is 1. The molecular weight excluding hydrogens is 719 g/mol. The van der Waals surface area contributed by atoms with Gasteiger partial charge in [-0.05, 0) is 47.9 Å². The molecule has 4 aliphatic carbocycles. The quantitative estimate of drug-likeness (QED) is 0.271. The third kappa shape index (κ3) is 4.16. The van der Waals surface area contributed by atoms with Crippen LogP contribution in [0.4, 0.5) is 5.69 Å². The Labute approximate surface area is 263 Å². The maximum absolute atomic E-state index is 14.4. The van der Waals surface area contributed by atoms with Crippen LogP contribution in [0.5, 0.6) is 5.75 Å². The van der Waals surface area contributed by atoms with Crippen LogP contribution in [0.3, 0.4) is 0 Å². The van der Waals surface area contributed by atoms with Gasteiger partial charge in [-0.3, -0.25) is 0 Å². The van der Waals surface area contributed by atoms with Gasteiger partial charge in [-0.2, -0.15) is 0 Å². The number of aryl methyl sites for hydroxylation is 2. The molecule has 0 aromatic heterocycles. The predicted molar refractivity (Wildman–Crippen MR) is 168 cm³/mol. The molecule has 42 heavy (non-hydrogen) atoms. The van der Waals surface area contributed by atoms with Gasteiger partial charge in [-0.1, -0.05) is 19.4 Å². The van der Waals surface area contributed by atoms with Gasteiger partial charge < -0.3 is 5.73 Å². The zero-order valence-corrected chi connectivity index (χ0v) is 29.1. The van der Waals surface area contributed by atoms with E-state index in [1.165, 1.54) is 22.3 Å². The van der Waals surface area contributed by atoms with Crippen molar-refractivity contribution in [2.75, 3.05) is 5.73 Å². The van der Waals surface area contributed by atoms with Crippen molar-refractivity contribution in [2.24, 2.45) is 22.5 Å². The standard InChI is InChI=1S/C34H45N3O3.CH3.Po/c1-30-14-5-15-31(2,27(30)12-9-21-7-10-23(35)19-25(21)30)28(39)37-29(40)33(4)17-6-16-32(3)26-20-24(38)11-8-22(26)13-18-34(32,33)36;;/h7-8,10-11,19-20,27,38H,5-6,9,12-18,35-36H2,1-4H3,(H,37,39,40);1H3;/q;;+1/p-1/t27-,30-,31+,32-,33-,34+;;/m1../s1. The molecule has 2 aromatic rings. The Hall–Kier alpha value is -1.96. The molecular formula is C35H47N3O3Po. The fraction of sp³-hybridized carbons (Fsp3) is 0.600. The second-order valence-electron chi connectivity index (χ2n) is 14.5. The number of nitrogens with one attached hydrogen (secondary N) is 1. The van der Waals surface area contributed by atoms with Gasteiger partial charge in [0.1, 0.15) is 0 Å². The zero-order chi connectivity index (χ0) is 30.1. The van der Waals surface area contributed by atoms with Crippen LogP contribution in [0.25, 0.3) is 0 Å². The van der Waals surface area contributed by atoms with Crippen molar-refractivity contribution in [1.82, 2.24) is 5.32 Å². The van der Waals surface area contributed by atoms with E-state index >= 15 is 0 Å². The summed E-state index contributed by atoms with van der Waals surface area (Å²) < 4.78 is 8.19. The Morgan fingerprint density at radius 1 is 0.881 bits per heavy atom. The SMILES string of the molecule is [CH3][Po][O]c1ccc2c(c1)[C@@]1(C)CCC[C@](C)(C(=O)NC(=O)[C@@]3(C)CCC[C@]4(C)c5cc(N)ccc5CC[C@@H]34)[C@]1(N)CC2. The summed E-state index contributed by atoms with van der Waals surface area (Å²) in [6.45, 7) is 8.66. The number of fused-ring (bicyclic) bond motifs is 6. The molecule has 0 radical (unpaired) electrons. The summed E-state index contributed by atoms with van der Waals surface area (Å²) in [5.74, 6) is 0.726. The number of nitrogens with two attached hydrogens (primary N) is 2. The fourth-order valence-corrected chi connectivity index (χ4v) is 11.1. The van der Waals surface area contributed by atoms with E-state index in [2.05, 4.69) is 61.0 Å². The van der Waals surface area contributed by atoms with Gasteiger partial charge in [-0.25, -0.2) is 0 Å². The molecule has 0 bridgehead atoms. The van der Waals surface area contributed by atoms with E-state index < -0.39 is 40.4 Å². The molecule has 2 aromatic carbocycles. The summed E-state index contributed by atoms with van der Waals surface area (Å²) in [5.41, 5.74) is 16.8. The third-order valence-electron chi connectivity index (χ3n) is 12.6. The number of rotatable bonds is 4. The number of imide groups is 1. The first-order valence-electron chi connectivity index (χ1n) is 15.7. The van der Waals surface area contributed by atoms with Crippen LogP contribution in [0.1, 0.15) is 101 Å². The van der Waals surface area contributed by atoms with Crippen molar-refractivity contribution in [3.63, 3.8) is 0 Å². The molecule has 0 unspecified atom stereocenters. The first-order valence-corrected chi connectivity index (χ1v) is 20.2. The summed E-state index contributed by atoms with van der Waals surface area (Å²) in [6, 6.07) is 12.7. The first kappa shape index (κ1) is 30.1.